The maximum absolute atomic E-state index is 4.44. The van der Waals surface area contributed by atoms with Crippen LogP contribution in [0.5, 0.6) is 0 Å². The molecule has 0 N–H and O–H groups in total. The van der Waals surface area contributed by atoms with Crippen LogP contribution in [0.1, 0.15) is 31.4 Å². The Labute approximate surface area is 130 Å². The number of aromatic nitrogens is 3. The fraction of sp³-hybridized carbons (Fsp3) is 0.333. The molecule has 1 saturated heterocycles. The Bertz CT molecular complexity index is 786. The highest BCUT2D eigenvalue weighted by Gasteiger charge is 2.19. The van der Waals surface area contributed by atoms with Gasteiger partial charge in [0.2, 0.25) is 0 Å². The van der Waals surface area contributed by atoms with Gasteiger partial charge in [-0.2, -0.15) is 0 Å². The Morgan fingerprint density at radius 1 is 1.14 bits per heavy atom. The van der Waals surface area contributed by atoms with Crippen LogP contribution in [0.15, 0.2) is 49.1 Å². The molecule has 0 saturated carbocycles. The third kappa shape index (κ3) is 2.29. The normalized spacial score (nSPS) is 17.1. The van der Waals surface area contributed by atoms with Crippen LogP contribution in [-0.4, -0.2) is 32.4 Å². The summed E-state index contributed by atoms with van der Waals surface area (Å²) in [6.07, 6.45) is 10.1. The van der Waals surface area contributed by atoms with Crippen molar-refractivity contribution in [2.45, 2.75) is 25.8 Å². The van der Waals surface area contributed by atoms with Crippen LogP contribution >= 0.6 is 0 Å². The SMILES string of the molecule is CC(c1cccc(-c2cnc3cnccn23)c1)N1CCCC1. The zero-order valence-electron chi connectivity index (χ0n) is 12.8. The zero-order valence-corrected chi connectivity index (χ0v) is 12.8. The summed E-state index contributed by atoms with van der Waals surface area (Å²) >= 11 is 0. The van der Waals surface area contributed by atoms with E-state index in [2.05, 4.69) is 50.5 Å². The van der Waals surface area contributed by atoms with Crippen LogP contribution in [0.2, 0.25) is 0 Å². The predicted octanol–water partition coefficient (Wildman–Crippen LogP) is 3.55. The first-order valence-corrected chi connectivity index (χ1v) is 7.94. The Balaban J connectivity index is 1.72. The van der Waals surface area contributed by atoms with Crippen molar-refractivity contribution in [2.24, 2.45) is 0 Å². The zero-order chi connectivity index (χ0) is 14.9. The van der Waals surface area contributed by atoms with E-state index in [1.54, 1.807) is 12.4 Å². The molecule has 1 aliphatic heterocycles. The lowest BCUT2D eigenvalue weighted by atomic mass is 10.0. The smallest absolute Gasteiger partial charge is 0.155 e. The van der Waals surface area contributed by atoms with E-state index in [0.717, 1.165) is 11.3 Å². The van der Waals surface area contributed by atoms with Crippen molar-refractivity contribution >= 4 is 5.65 Å². The summed E-state index contributed by atoms with van der Waals surface area (Å²) in [5.41, 5.74) is 4.59. The van der Waals surface area contributed by atoms with E-state index in [1.165, 1.54) is 37.1 Å². The molecule has 22 heavy (non-hydrogen) atoms. The van der Waals surface area contributed by atoms with E-state index in [1.807, 2.05) is 12.4 Å². The van der Waals surface area contributed by atoms with Gasteiger partial charge in [0.05, 0.1) is 18.1 Å². The van der Waals surface area contributed by atoms with Crippen LogP contribution in [0, 0.1) is 0 Å². The molecule has 4 rings (SSSR count). The molecule has 112 valence electrons. The lowest BCUT2D eigenvalue weighted by molar-refractivity contribution is 0.263. The largest absolute Gasteiger partial charge is 0.297 e. The van der Waals surface area contributed by atoms with Crippen molar-refractivity contribution in [3.8, 4) is 11.3 Å². The number of nitrogens with zero attached hydrogens (tertiary/aromatic N) is 4. The molecule has 0 spiro atoms. The van der Waals surface area contributed by atoms with Gasteiger partial charge in [-0.25, -0.2) is 4.98 Å². The highest BCUT2D eigenvalue weighted by molar-refractivity contribution is 5.64. The summed E-state index contributed by atoms with van der Waals surface area (Å²) in [5.74, 6) is 0. The summed E-state index contributed by atoms with van der Waals surface area (Å²) in [6, 6.07) is 9.31. The molecular formula is C18H20N4. The monoisotopic (exact) mass is 292 g/mol. The van der Waals surface area contributed by atoms with Gasteiger partial charge >= 0.3 is 0 Å². The predicted molar refractivity (Wildman–Crippen MR) is 87.6 cm³/mol. The number of hydrogen-bond donors (Lipinski definition) is 0. The van der Waals surface area contributed by atoms with Crippen LogP contribution < -0.4 is 0 Å². The fourth-order valence-corrected chi connectivity index (χ4v) is 3.35. The highest BCUT2D eigenvalue weighted by atomic mass is 15.2. The van der Waals surface area contributed by atoms with Gasteiger partial charge in [0.15, 0.2) is 5.65 Å². The van der Waals surface area contributed by atoms with Crippen molar-refractivity contribution in [3.05, 3.63) is 54.6 Å². The molecule has 0 bridgehead atoms. The van der Waals surface area contributed by atoms with Crippen molar-refractivity contribution < 1.29 is 0 Å². The summed E-state index contributed by atoms with van der Waals surface area (Å²) in [5, 5.41) is 0. The number of hydrogen-bond acceptors (Lipinski definition) is 3. The summed E-state index contributed by atoms with van der Waals surface area (Å²) in [7, 11) is 0. The minimum absolute atomic E-state index is 0.475. The van der Waals surface area contributed by atoms with Crippen LogP contribution in [0.4, 0.5) is 0 Å². The molecule has 1 aromatic carbocycles. The van der Waals surface area contributed by atoms with Gasteiger partial charge in [-0.3, -0.25) is 14.3 Å². The third-order valence-electron chi connectivity index (χ3n) is 4.67. The van der Waals surface area contributed by atoms with E-state index in [9.17, 15) is 0 Å². The lowest BCUT2D eigenvalue weighted by Gasteiger charge is -2.24. The fourth-order valence-electron chi connectivity index (χ4n) is 3.35. The van der Waals surface area contributed by atoms with E-state index < -0.39 is 0 Å². The van der Waals surface area contributed by atoms with Gasteiger partial charge in [0.25, 0.3) is 0 Å². The third-order valence-corrected chi connectivity index (χ3v) is 4.67. The quantitative estimate of drug-likeness (QED) is 0.740. The maximum atomic E-state index is 4.44. The van der Waals surface area contributed by atoms with Crippen molar-refractivity contribution in [1.82, 2.24) is 19.3 Å². The average Bonchev–Trinajstić information content (AvgIpc) is 3.24. The molecule has 1 aliphatic rings. The van der Waals surface area contributed by atoms with Gasteiger partial charge in [0, 0.05) is 24.0 Å². The number of likely N-dealkylation sites (tertiary alicyclic amines) is 1. The summed E-state index contributed by atoms with van der Waals surface area (Å²) in [4.78, 5) is 11.1. The summed E-state index contributed by atoms with van der Waals surface area (Å²) < 4.78 is 2.09. The topological polar surface area (TPSA) is 33.4 Å². The maximum Gasteiger partial charge on any atom is 0.155 e. The highest BCUT2D eigenvalue weighted by Crippen LogP contribution is 2.28. The van der Waals surface area contributed by atoms with Gasteiger partial charge < -0.3 is 0 Å². The second-order valence-corrected chi connectivity index (χ2v) is 5.99. The molecule has 2 aromatic heterocycles. The van der Waals surface area contributed by atoms with Gasteiger partial charge in [-0.1, -0.05) is 18.2 Å². The standard InChI is InChI=1S/C18H20N4/c1-14(21-8-2-3-9-21)15-5-4-6-16(11-15)17-12-20-18-13-19-7-10-22(17)18/h4-7,10-14H,2-3,8-9H2,1H3. The molecular weight excluding hydrogens is 272 g/mol. The first-order valence-electron chi connectivity index (χ1n) is 7.94. The second kappa shape index (κ2) is 5.54. The average molecular weight is 292 g/mol. The minimum atomic E-state index is 0.475. The van der Waals surface area contributed by atoms with Crippen LogP contribution in [-0.2, 0) is 0 Å². The van der Waals surface area contributed by atoms with E-state index in [4.69, 9.17) is 0 Å². The molecule has 1 unspecified atom stereocenters. The minimum Gasteiger partial charge on any atom is -0.297 e. The van der Waals surface area contributed by atoms with E-state index in [-0.39, 0.29) is 0 Å². The van der Waals surface area contributed by atoms with Crippen molar-refractivity contribution in [3.63, 3.8) is 0 Å². The summed E-state index contributed by atoms with van der Waals surface area (Å²) in [6.45, 7) is 4.74. The first-order chi connectivity index (χ1) is 10.8. The molecule has 3 aromatic rings. The van der Waals surface area contributed by atoms with Crippen LogP contribution in [0.25, 0.3) is 16.9 Å². The van der Waals surface area contributed by atoms with E-state index >= 15 is 0 Å². The second-order valence-electron chi connectivity index (χ2n) is 5.99. The Hall–Kier alpha value is -2.20. The molecule has 0 radical (unpaired) electrons. The Morgan fingerprint density at radius 3 is 2.86 bits per heavy atom. The lowest BCUT2D eigenvalue weighted by Crippen LogP contribution is -2.23. The number of rotatable bonds is 3. The molecule has 4 nitrogen and oxygen atoms in total. The molecule has 0 amide bonds. The molecule has 1 fully saturated rings. The Morgan fingerprint density at radius 2 is 2.00 bits per heavy atom. The molecule has 0 aliphatic carbocycles. The van der Waals surface area contributed by atoms with Gasteiger partial charge in [-0.15, -0.1) is 0 Å². The first kappa shape index (κ1) is 13.5. The van der Waals surface area contributed by atoms with E-state index in [0.29, 0.717) is 6.04 Å². The van der Waals surface area contributed by atoms with Crippen molar-refractivity contribution in [2.75, 3.05) is 13.1 Å². The van der Waals surface area contributed by atoms with Crippen molar-refractivity contribution in [1.29, 1.82) is 0 Å². The number of benzene rings is 1. The van der Waals surface area contributed by atoms with Gasteiger partial charge in [-0.05, 0) is 44.5 Å². The number of fused-ring (bicyclic) bond motifs is 1. The number of imidazole rings is 1. The molecule has 4 heteroatoms. The Kier molecular flexibility index (Phi) is 3.39. The molecule has 1 atom stereocenters. The molecule has 3 heterocycles. The van der Waals surface area contributed by atoms with Crippen LogP contribution in [0.3, 0.4) is 0 Å². The van der Waals surface area contributed by atoms with Gasteiger partial charge in [0.1, 0.15) is 0 Å².